The number of amides is 1. The lowest BCUT2D eigenvalue weighted by Gasteiger charge is -2.07. The van der Waals surface area contributed by atoms with E-state index in [9.17, 15) is 13.6 Å². The van der Waals surface area contributed by atoms with Crippen molar-refractivity contribution in [1.82, 2.24) is 5.32 Å². The molecular weight excluding hydrogens is 288 g/mol. The Morgan fingerprint density at radius 2 is 1.68 bits per heavy atom. The lowest BCUT2D eigenvalue weighted by molar-refractivity contribution is -0.120. The first kappa shape index (κ1) is 15.9. The number of hydrogen-bond donors (Lipinski definition) is 1. The van der Waals surface area contributed by atoms with E-state index in [1.165, 1.54) is 12.1 Å². The second-order valence-corrected chi connectivity index (χ2v) is 4.78. The summed E-state index contributed by atoms with van der Waals surface area (Å²) in [6, 6.07) is 16.0. The highest BCUT2D eigenvalue weighted by atomic mass is 19.3. The number of alkyl halides is 2. The SMILES string of the molecule is O=C(Cc1ccc(OC(F)F)cc1)NCCc1ccccc1. The molecule has 2 aromatic rings. The van der Waals surface area contributed by atoms with Gasteiger partial charge in [-0.25, -0.2) is 0 Å². The van der Waals surface area contributed by atoms with Crippen LogP contribution < -0.4 is 10.1 Å². The van der Waals surface area contributed by atoms with Crippen LogP contribution in [0.5, 0.6) is 5.75 Å². The number of halogens is 2. The normalized spacial score (nSPS) is 10.5. The zero-order valence-electron chi connectivity index (χ0n) is 12.0. The molecule has 22 heavy (non-hydrogen) atoms. The smallest absolute Gasteiger partial charge is 0.387 e. The molecule has 116 valence electrons. The first-order chi connectivity index (χ1) is 10.6. The molecule has 1 N–H and O–H groups in total. The summed E-state index contributed by atoms with van der Waals surface area (Å²) in [5, 5.41) is 2.84. The quantitative estimate of drug-likeness (QED) is 0.853. The number of carbonyl (C=O) groups excluding carboxylic acids is 1. The molecule has 2 rings (SSSR count). The van der Waals surface area contributed by atoms with Crippen LogP contribution in [0.2, 0.25) is 0 Å². The fraction of sp³-hybridized carbons (Fsp3) is 0.235. The number of ether oxygens (including phenoxy) is 1. The Kier molecular flexibility index (Phi) is 5.89. The van der Waals surface area contributed by atoms with E-state index in [0.29, 0.717) is 6.54 Å². The fourth-order valence-electron chi connectivity index (χ4n) is 2.03. The first-order valence-electron chi connectivity index (χ1n) is 6.98. The van der Waals surface area contributed by atoms with Crippen LogP contribution in [0.3, 0.4) is 0 Å². The lowest BCUT2D eigenvalue weighted by Crippen LogP contribution is -2.27. The van der Waals surface area contributed by atoms with Gasteiger partial charge >= 0.3 is 6.61 Å². The van der Waals surface area contributed by atoms with Crippen LogP contribution in [-0.4, -0.2) is 19.1 Å². The molecule has 0 aliphatic rings. The molecule has 0 saturated heterocycles. The Hall–Kier alpha value is -2.43. The predicted molar refractivity (Wildman–Crippen MR) is 79.9 cm³/mol. The van der Waals surface area contributed by atoms with Gasteiger partial charge in [0, 0.05) is 6.54 Å². The number of rotatable bonds is 7. The van der Waals surface area contributed by atoms with Crippen molar-refractivity contribution in [3.8, 4) is 5.75 Å². The van der Waals surface area contributed by atoms with Crippen molar-refractivity contribution in [3.63, 3.8) is 0 Å². The van der Waals surface area contributed by atoms with Crippen LogP contribution in [0.25, 0.3) is 0 Å². The maximum Gasteiger partial charge on any atom is 0.387 e. The maximum atomic E-state index is 12.0. The highest BCUT2D eigenvalue weighted by molar-refractivity contribution is 5.78. The van der Waals surface area contributed by atoms with Gasteiger partial charge in [-0.3, -0.25) is 4.79 Å². The second-order valence-electron chi connectivity index (χ2n) is 4.78. The summed E-state index contributed by atoms with van der Waals surface area (Å²) in [6.07, 6.45) is 0.984. The van der Waals surface area contributed by atoms with Crippen molar-refractivity contribution in [3.05, 3.63) is 65.7 Å². The van der Waals surface area contributed by atoms with Crippen LogP contribution in [0.4, 0.5) is 8.78 Å². The number of nitrogens with one attached hydrogen (secondary N) is 1. The molecule has 0 fully saturated rings. The van der Waals surface area contributed by atoms with E-state index in [-0.39, 0.29) is 18.1 Å². The Morgan fingerprint density at radius 3 is 2.32 bits per heavy atom. The highest BCUT2D eigenvalue weighted by Gasteiger charge is 2.06. The summed E-state index contributed by atoms with van der Waals surface area (Å²) in [4.78, 5) is 11.8. The van der Waals surface area contributed by atoms with Gasteiger partial charge in [-0.05, 0) is 29.7 Å². The van der Waals surface area contributed by atoms with Crippen molar-refractivity contribution in [2.24, 2.45) is 0 Å². The van der Waals surface area contributed by atoms with Crippen molar-refractivity contribution >= 4 is 5.91 Å². The third-order valence-electron chi connectivity index (χ3n) is 3.09. The predicted octanol–water partition coefficient (Wildman–Crippen LogP) is 3.19. The van der Waals surface area contributed by atoms with Gasteiger partial charge in [0.25, 0.3) is 0 Å². The molecule has 0 aliphatic carbocycles. The van der Waals surface area contributed by atoms with Gasteiger partial charge in [0.05, 0.1) is 6.42 Å². The van der Waals surface area contributed by atoms with Gasteiger partial charge in [0.1, 0.15) is 5.75 Å². The lowest BCUT2D eigenvalue weighted by atomic mass is 10.1. The minimum Gasteiger partial charge on any atom is -0.435 e. The molecule has 0 spiro atoms. The van der Waals surface area contributed by atoms with Gasteiger partial charge in [-0.15, -0.1) is 0 Å². The highest BCUT2D eigenvalue weighted by Crippen LogP contribution is 2.15. The molecule has 0 saturated carbocycles. The van der Waals surface area contributed by atoms with E-state index in [4.69, 9.17) is 0 Å². The van der Waals surface area contributed by atoms with Gasteiger partial charge in [-0.2, -0.15) is 8.78 Å². The van der Waals surface area contributed by atoms with Crippen LogP contribution in [0, 0.1) is 0 Å². The third-order valence-corrected chi connectivity index (χ3v) is 3.09. The monoisotopic (exact) mass is 305 g/mol. The van der Waals surface area contributed by atoms with Gasteiger partial charge in [-0.1, -0.05) is 42.5 Å². The summed E-state index contributed by atoms with van der Waals surface area (Å²) in [5.41, 5.74) is 1.91. The number of carbonyl (C=O) groups is 1. The van der Waals surface area contributed by atoms with Gasteiger partial charge < -0.3 is 10.1 Å². The topological polar surface area (TPSA) is 38.3 Å². The molecule has 0 bridgehead atoms. The summed E-state index contributed by atoms with van der Waals surface area (Å²) in [6.45, 7) is -2.28. The average molecular weight is 305 g/mol. The van der Waals surface area contributed by atoms with E-state index in [2.05, 4.69) is 10.1 Å². The van der Waals surface area contributed by atoms with E-state index in [1.807, 2.05) is 30.3 Å². The maximum absolute atomic E-state index is 12.0. The number of benzene rings is 2. The zero-order valence-corrected chi connectivity index (χ0v) is 12.0. The largest absolute Gasteiger partial charge is 0.435 e. The van der Waals surface area contributed by atoms with Crippen molar-refractivity contribution in [1.29, 1.82) is 0 Å². The molecule has 0 aliphatic heterocycles. The number of hydrogen-bond acceptors (Lipinski definition) is 2. The summed E-state index contributed by atoms with van der Waals surface area (Å²) in [5.74, 6) is -0.0123. The molecular formula is C17H17F2NO2. The Bertz CT molecular complexity index is 585. The molecule has 0 atom stereocenters. The van der Waals surface area contributed by atoms with Crippen molar-refractivity contribution < 1.29 is 18.3 Å². The van der Waals surface area contributed by atoms with Crippen molar-refractivity contribution in [2.45, 2.75) is 19.5 Å². The molecule has 2 aromatic carbocycles. The molecule has 1 amide bonds. The standard InChI is InChI=1S/C17H17F2NO2/c18-17(19)22-15-8-6-14(7-9-15)12-16(21)20-11-10-13-4-2-1-3-5-13/h1-9,17H,10-12H2,(H,20,21). The molecule has 3 nitrogen and oxygen atoms in total. The Balaban J connectivity index is 1.74. The molecule has 0 heterocycles. The van der Waals surface area contributed by atoms with E-state index in [0.717, 1.165) is 17.5 Å². The molecule has 0 radical (unpaired) electrons. The summed E-state index contributed by atoms with van der Waals surface area (Å²) < 4.78 is 28.3. The third kappa shape index (κ3) is 5.52. The van der Waals surface area contributed by atoms with Crippen LogP contribution in [0.1, 0.15) is 11.1 Å². The second kappa shape index (κ2) is 8.12. The molecule has 0 aromatic heterocycles. The van der Waals surface area contributed by atoms with Crippen molar-refractivity contribution in [2.75, 3.05) is 6.54 Å². The van der Waals surface area contributed by atoms with Gasteiger partial charge in [0.15, 0.2) is 0 Å². The van der Waals surface area contributed by atoms with Crippen LogP contribution in [-0.2, 0) is 17.6 Å². The fourth-order valence-corrected chi connectivity index (χ4v) is 2.03. The first-order valence-corrected chi connectivity index (χ1v) is 6.98. The average Bonchev–Trinajstić information content (AvgIpc) is 2.50. The molecule has 5 heteroatoms. The van der Waals surface area contributed by atoms with Crippen LogP contribution >= 0.6 is 0 Å². The van der Waals surface area contributed by atoms with Gasteiger partial charge in [0.2, 0.25) is 5.91 Å². The summed E-state index contributed by atoms with van der Waals surface area (Å²) in [7, 11) is 0. The minimum atomic E-state index is -2.84. The molecule has 0 unspecified atom stereocenters. The Labute approximate surface area is 127 Å². The van der Waals surface area contributed by atoms with E-state index < -0.39 is 6.61 Å². The minimum absolute atomic E-state index is 0.0863. The Morgan fingerprint density at radius 1 is 1.00 bits per heavy atom. The van der Waals surface area contributed by atoms with Crippen LogP contribution in [0.15, 0.2) is 54.6 Å². The zero-order chi connectivity index (χ0) is 15.8. The summed E-state index contributed by atoms with van der Waals surface area (Å²) >= 11 is 0. The van der Waals surface area contributed by atoms with E-state index >= 15 is 0 Å². The van der Waals surface area contributed by atoms with E-state index in [1.54, 1.807) is 12.1 Å².